The van der Waals surface area contributed by atoms with Crippen molar-refractivity contribution in [3.8, 4) is 11.5 Å². The first kappa shape index (κ1) is 15.3. The van der Waals surface area contributed by atoms with Crippen LogP contribution in [0, 0.1) is 0 Å². The molecule has 104 valence electrons. The van der Waals surface area contributed by atoms with E-state index in [4.69, 9.17) is 21.7 Å². The van der Waals surface area contributed by atoms with Crippen LogP contribution in [-0.2, 0) is 0 Å². The molecule has 1 unspecified atom stereocenters. The Labute approximate surface area is 119 Å². The topological polar surface area (TPSA) is 42.5 Å². The Balaban J connectivity index is 2.73. The van der Waals surface area contributed by atoms with Crippen LogP contribution >= 0.6 is 12.2 Å². The number of thiocarbonyl (C=S) groups is 1. The molecule has 0 radical (unpaired) electrons. The lowest BCUT2D eigenvalue weighted by Gasteiger charge is -2.18. The van der Waals surface area contributed by atoms with Gasteiger partial charge >= 0.3 is 0 Å². The van der Waals surface area contributed by atoms with E-state index in [1.54, 1.807) is 20.3 Å². The summed E-state index contributed by atoms with van der Waals surface area (Å²) in [6.07, 6.45) is 1.76. The molecule has 0 aliphatic rings. The van der Waals surface area contributed by atoms with E-state index >= 15 is 0 Å². The zero-order chi connectivity index (χ0) is 14.3. The standard InChI is InChI=1S/C14H20N2O2S/c1-5-8-15-14(19)16-10(2)11-6-7-12(17-3)13(9-11)18-4/h5-7,9-10H,1,8H2,2-4H3,(H2,15,16,19). The molecule has 5 heteroatoms. The third-order valence-corrected chi connectivity index (χ3v) is 2.92. The zero-order valence-electron chi connectivity index (χ0n) is 11.5. The van der Waals surface area contributed by atoms with Crippen molar-refractivity contribution in [1.82, 2.24) is 10.6 Å². The van der Waals surface area contributed by atoms with Gasteiger partial charge in [0.05, 0.1) is 20.3 Å². The molecule has 19 heavy (non-hydrogen) atoms. The van der Waals surface area contributed by atoms with Crippen molar-refractivity contribution in [3.63, 3.8) is 0 Å². The fraction of sp³-hybridized carbons (Fsp3) is 0.357. The molecule has 4 nitrogen and oxygen atoms in total. The van der Waals surface area contributed by atoms with Gasteiger partial charge in [0.1, 0.15) is 0 Å². The van der Waals surface area contributed by atoms with E-state index < -0.39 is 0 Å². The summed E-state index contributed by atoms with van der Waals surface area (Å²) in [6, 6.07) is 5.87. The van der Waals surface area contributed by atoms with Gasteiger partial charge in [0.15, 0.2) is 16.6 Å². The average Bonchev–Trinajstić information content (AvgIpc) is 2.44. The van der Waals surface area contributed by atoms with Crippen LogP contribution in [0.1, 0.15) is 18.5 Å². The van der Waals surface area contributed by atoms with E-state index in [9.17, 15) is 0 Å². The smallest absolute Gasteiger partial charge is 0.167 e. The molecule has 0 fully saturated rings. The van der Waals surface area contributed by atoms with Crippen LogP contribution in [0.2, 0.25) is 0 Å². The van der Waals surface area contributed by atoms with Gasteiger partial charge in [0.25, 0.3) is 0 Å². The van der Waals surface area contributed by atoms with Gasteiger partial charge in [-0.05, 0) is 36.8 Å². The molecule has 1 atom stereocenters. The van der Waals surface area contributed by atoms with Gasteiger partial charge in [-0.25, -0.2) is 0 Å². The number of benzene rings is 1. The van der Waals surface area contributed by atoms with E-state index in [1.165, 1.54) is 0 Å². The van der Waals surface area contributed by atoms with Crippen LogP contribution in [0.25, 0.3) is 0 Å². The Hall–Kier alpha value is -1.75. The largest absolute Gasteiger partial charge is 0.493 e. The summed E-state index contributed by atoms with van der Waals surface area (Å²) < 4.78 is 10.5. The van der Waals surface area contributed by atoms with Gasteiger partial charge in [0.2, 0.25) is 0 Å². The maximum Gasteiger partial charge on any atom is 0.167 e. The minimum Gasteiger partial charge on any atom is -0.493 e. The van der Waals surface area contributed by atoms with Crippen LogP contribution in [0.5, 0.6) is 11.5 Å². The molecule has 1 rings (SSSR count). The average molecular weight is 280 g/mol. The lowest BCUT2D eigenvalue weighted by molar-refractivity contribution is 0.354. The lowest BCUT2D eigenvalue weighted by atomic mass is 10.1. The molecule has 0 aliphatic carbocycles. The van der Waals surface area contributed by atoms with Crippen molar-refractivity contribution >= 4 is 17.3 Å². The Morgan fingerprint density at radius 1 is 1.37 bits per heavy atom. The molecule has 0 saturated carbocycles. The highest BCUT2D eigenvalue weighted by Crippen LogP contribution is 2.29. The predicted octanol–water partition coefficient (Wildman–Crippen LogP) is 2.41. The Morgan fingerprint density at radius 2 is 2.05 bits per heavy atom. The normalized spacial score (nSPS) is 11.3. The molecule has 0 saturated heterocycles. The van der Waals surface area contributed by atoms with Gasteiger partial charge < -0.3 is 20.1 Å². The quantitative estimate of drug-likeness (QED) is 0.619. The molecule has 0 amide bonds. The Morgan fingerprint density at radius 3 is 2.63 bits per heavy atom. The van der Waals surface area contributed by atoms with Crippen molar-refractivity contribution in [2.45, 2.75) is 13.0 Å². The third kappa shape index (κ3) is 4.44. The van der Waals surface area contributed by atoms with Crippen molar-refractivity contribution < 1.29 is 9.47 Å². The fourth-order valence-corrected chi connectivity index (χ4v) is 1.88. The van der Waals surface area contributed by atoms with E-state index in [2.05, 4.69) is 17.2 Å². The molecule has 0 bridgehead atoms. The number of ether oxygens (including phenoxy) is 2. The van der Waals surface area contributed by atoms with E-state index in [0.717, 1.165) is 5.56 Å². The van der Waals surface area contributed by atoms with Crippen LogP contribution in [0.15, 0.2) is 30.9 Å². The summed E-state index contributed by atoms with van der Waals surface area (Å²) in [7, 11) is 3.24. The summed E-state index contributed by atoms with van der Waals surface area (Å²) in [6.45, 7) is 6.31. The van der Waals surface area contributed by atoms with Crippen LogP contribution in [0.4, 0.5) is 0 Å². The van der Waals surface area contributed by atoms with Crippen LogP contribution in [-0.4, -0.2) is 25.9 Å². The second-order valence-electron chi connectivity index (χ2n) is 3.98. The number of rotatable bonds is 6. The summed E-state index contributed by atoms with van der Waals surface area (Å²) in [5, 5.41) is 6.83. The molecule has 1 aromatic carbocycles. The highest BCUT2D eigenvalue weighted by atomic mass is 32.1. The van der Waals surface area contributed by atoms with Gasteiger partial charge in [-0.15, -0.1) is 6.58 Å². The molecule has 2 N–H and O–H groups in total. The SMILES string of the molecule is C=CCNC(=S)NC(C)c1ccc(OC)c(OC)c1. The second-order valence-corrected chi connectivity index (χ2v) is 4.39. The first-order chi connectivity index (χ1) is 9.12. The molecule has 0 aliphatic heterocycles. The summed E-state index contributed by atoms with van der Waals surface area (Å²) in [4.78, 5) is 0. The molecular weight excluding hydrogens is 260 g/mol. The maximum atomic E-state index is 5.28. The third-order valence-electron chi connectivity index (χ3n) is 2.66. The minimum atomic E-state index is 0.0737. The minimum absolute atomic E-state index is 0.0737. The van der Waals surface area contributed by atoms with Crippen molar-refractivity contribution in [3.05, 3.63) is 36.4 Å². The highest BCUT2D eigenvalue weighted by molar-refractivity contribution is 7.80. The van der Waals surface area contributed by atoms with E-state index in [1.807, 2.05) is 25.1 Å². The number of methoxy groups -OCH3 is 2. The number of hydrogen-bond donors (Lipinski definition) is 2. The lowest BCUT2D eigenvalue weighted by Crippen LogP contribution is -2.36. The molecular formula is C14H20N2O2S. The first-order valence-corrected chi connectivity index (χ1v) is 6.40. The Kier molecular flexibility index (Phi) is 6.15. The summed E-state index contributed by atoms with van der Waals surface area (Å²) >= 11 is 5.18. The molecule has 0 aromatic heterocycles. The first-order valence-electron chi connectivity index (χ1n) is 5.99. The molecule has 0 heterocycles. The predicted molar refractivity (Wildman–Crippen MR) is 81.9 cm³/mol. The van der Waals surface area contributed by atoms with Gasteiger partial charge in [-0.2, -0.15) is 0 Å². The second kappa shape index (κ2) is 7.63. The fourth-order valence-electron chi connectivity index (χ4n) is 1.62. The van der Waals surface area contributed by atoms with Crippen molar-refractivity contribution in [1.29, 1.82) is 0 Å². The highest BCUT2D eigenvalue weighted by Gasteiger charge is 2.10. The van der Waals surface area contributed by atoms with E-state index in [0.29, 0.717) is 23.2 Å². The number of nitrogens with one attached hydrogen (secondary N) is 2. The zero-order valence-corrected chi connectivity index (χ0v) is 12.3. The molecule has 1 aromatic rings. The van der Waals surface area contributed by atoms with Gasteiger partial charge in [-0.1, -0.05) is 12.1 Å². The molecule has 0 spiro atoms. The van der Waals surface area contributed by atoms with Crippen molar-refractivity contribution in [2.75, 3.05) is 20.8 Å². The summed E-state index contributed by atoms with van der Waals surface area (Å²) in [5.41, 5.74) is 1.07. The van der Waals surface area contributed by atoms with E-state index in [-0.39, 0.29) is 6.04 Å². The monoisotopic (exact) mass is 280 g/mol. The van der Waals surface area contributed by atoms with Crippen molar-refractivity contribution in [2.24, 2.45) is 0 Å². The van der Waals surface area contributed by atoms with Crippen LogP contribution in [0.3, 0.4) is 0 Å². The van der Waals surface area contributed by atoms with Gasteiger partial charge in [0, 0.05) is 6.54 Å². The maximum absolute atomic E-state index is 5.28. The van der Waals surface area contributed by atoms with Gasteiger partial charge in [-0.3, -0.25) is 0 Å². The number of hydrogen-bond acceptors (Lipinski definition) is 3. The van der Waals surface area contributed by atoms with Crippen LogP contribution < -0.4 is 20.1 Å². The summed E-state index contributed by atoms with van der Waals surface area (Å²) in [5.74, 6) is 1.42. The Bertz CT molecular complexity index is 449.